The van der Waals surface area contributed by atoms with E-state index in [4.69, 9.17) is 14.2 Å². The third-order valence-corrected chi connectivity index (χ3v) is 9.51. The summed E-state index contributed by atoms with van der Waals surface area (Å²) in [6.45, 7) is 6.22. The van der Waals surface area contributed by atoms with Crippen LogP contribution in [-0.4, -0.2) is 37.2 Å². The highest BCUT2D eigenvalue weighted by Crippen LogP contribution is 2.11. The molecular weight excluding hydrogens is 769 g/mol. The summed E-state index contributed by atoms with van der Waals surface area (Å²) in [6, 6.07) is 0. The summed E-state index contributed by atoms with van der Waals surface area (Å²) in [7, 11) is 0. The van der Waals surface area contributed by atoms with E-state index in [9.17, 15) is 14.4 Å². The minimum absolute atomic E-state index is 0.131. The molecule has 0 heterocycles. The molecule has 0 bridgehead atoms. The molecule has 0 spiro atoms. The van der Waals surface area contributed by atoms with Crippen molar-refractivity contribution in [2.24, 2.45) is 0 Å². The average molecular weight is 855 g/mol. The summed E-state index contributed by atoms with van der Waals surface area (Å²) in [5.41, 5.74) is 0. The Hall–Kier alpha value is -4.45. The van der Waals surface area contributed by atoms with Gasteiger partial charge < -0.3 is 14.2 Å². The predicted octanol–water partition coefficient (Wildman–Crippen LogP) is 15.9. The van der Waals surface area contributed by atoms with Gasteiger partial charge in [0.1, 0.15) is 13.2 Å². The van der Waals surface area contributed by atoms with Gasteiger partial charge in [-0.05, 0) is 96.3 Å². The summed E-state index contributed by atoms with van der Waals surface area (Å²) in [5.74, 6) is -1.09. The molecule has 0 fully saturated rings. The number of allylic oxidation sites excluding steroid dienone is 22. The van der Waals surface area contributed by atoms with E-state index >= 15 is 0 Å². The molecule has 0 aliphatic carbocycles. The quantitative estimate of drug-likeness (QED) is 0.0200. The highest BCUT2D eigenvalue weighted by atomic mass is 16.6. The molecule has 1 atom stereocenters. The molecule has 0 amide bonds. The Balaban J connectivity index is 4.63. The number of rotatable bonds is 41. The smallest absolute Gasteiger partial charge is 0.306 e. The van der Waals surface area contributed by atoms with Crippen LogP contribution in [0.4, 0.5) is 0 Å². The Bertz CT molecular complexity index is 1400. The lowest BCUT2D eigenvalue weighted by Crippen LogP contribution is -2.30. The molecule has 0 aliphatic heterocycles. The van der Waals surface area contributed by atoms with E-state index in [0.29, 0.717) is 19.3 Å². The zero-order valence-corrected chi connectivity index (χ0v) is 39.3. The van der Waals surface area contributed by atoms with E-state index in [0.717, 1.165) is 89.9 Å². The van der Waals surface area contributed by atoms with Crippen LogP contribution in [-0.2, 0) is 28.6 Å². The fourth-order valence-electron chi connectivity index (χ4n) is 5.92. The van der Waals surface area contributed by atoms with Crippen LogP contribution in [0.5, 0.6) is 0 Å². The molecule has 0 aliphatic rings. The molecule has 0 N–H and O–H groups in total. The Kier molecular flexibility index (Phi) is 45.7. The zero-order valence-electron chi connectivity index (χ0n) is 39.3. The molecule has 0 aromatic heterocycles. The summed E-state index contributed by atoms with van der Waals surface area (Å²) in [5, 5.41) is 0. The number of hydrogen-bond donors (Lipinski definition) is 0. The molecule has 6 nitrogen and oxygen atoms in total. The van der Waals surface area contributed by atoms with Crippen LogP contribution < -0.4 is 0 Å². The third-order valence-electron chi connectivity index (χ3n) is 9.51. The maximum atomic E-state index is 12.8. The van der Waals surface area contributed by atoms with Gasteiger partial charge in [-0.25, -0.2) is 0 Å². The Morgan fingerprint density at radius 3 is 1.27 bits per heavy atom. The standard InChI is InChI=1S/C56H86O6/c1-4-7-10-13-16-19-22-25-27-29-31-34-37-40-43-46-49-55(58)61-52-53(51-60-54(57)48-45-42-39-36-33-30-24-21-18-15-12-9-6-3)62-56(59)50-47-44-41-38-35-32-28-26-23-20-17-14-11-8-5-2/h7-8,10-11,14,16-17,19-20,23,25-28,30-35,40,43,53H,4-6,9,12-13,15,18,21-22,24,29,36-39,41-42,44-52H2,1-3H3/b10-7-,11-8-,17-14-,19-16-,23-20-,27-25-,28-26-,33-30-,34-31-,35-32-,43-40-. The number of unbranched alkanes of at least 4 members (excludes halogenated alkanes) is 12. The van der Waals surface area contributed by atoms with E-state index < -0.39 is 6.10 Å². The lowest BCUT2D eigenvalue weighted by Gasteiger charge is -2.18. The number of ether oxygens (including phenoxy) is 3. The van der Waals surface area contributed by atoms with E-state index in [-0.39, 0.29) is 44.0 Å². The maximum Gasteiger partial charge on any atom is 0.306 e. The van der Waals surface area contributed by atoms with Crippen molar-refractivity contribution in [3.8, 4) is 0 Å². The highest BCUT2D eigenvalue weighted by molar-refractivity contribution is 5.71. The monoisotopic (exact) mass is 855 g/mol. The van der Waals surface area contributed by atoms with Gasteiger partial charge >= 0.3 is 17.9 Å². The van der Waals surface area contributed by atoms with Gasteiger partial charge in [0.2, 0.25) is 0 Å². The van der Waals surface area contributed by atoms with Crippen LogP contribution in [0.3, 0.4) is 0 Å². The fourth-order valence-corrected chi connectivity index (χ4v) is 5.92. The number of esters is 3. The normalized spacial score (nSPS) is 13.3. The van der Waals surface area contributed by atoms with Crippen molar-refractivity contribution in [2.45, 2.75) is 187 Å². The predicted molar refractivity (Wildman–Crippen MR) is 265 cm³/mol. The van der Waals surface area contributed by atoms with Crippen molar-refractivity contribution in [1.82, 2.24) is 0 Å². The topological polar surface area (TPSA) is 78.9 Å². The molecule has 0 rings (SSSR count). The van der Waals surface area contributed by atoms with Gasteiger partial charge in [0.15, 0.2) is 6.10 Å². The first-order chi connectivity index (χ1) is 30.5. The minimum Gasteiger partial charge on any atom is -0.462 e. The van der Waals surface area contributed by atoms with Crippen molar-refractivity contribution in [3.63, 3.8) is 0 Å². The number of carbonyl (C=O) groups is 3. The second-order valence-corrected chi connectivity index (χ2v) is 15.4. The van der Waals surface area contributed by atoms with Gasteiger partial charge in [0.25, 0.3) is 0 Å². The second kappa shape index (κ2) is 49.2. The molecule has 0 saturated heterocycles. The zero-order chi connectivity index (χ0) is 45.1. The van der Waals surface area contributed by atoms with E-state index in [1.165, 1.54) is 38.5 Å². The summed E-state index contributed by atoms with van der Waals surface area (Å²) in [6.07, 6.45) is 68.7. The number of hydrogen-bond acceptors (Lipinski definition) is 6. The van der Waals surface area contributed by atoms with Gasteiger partial charge in [-0.1, -0.05) is 199 Å². The minimum atomic E-state index is -0.840. The summed E-state index contributed by atoms with van der Waals surface area (Å²) >= 11 is 0. The largest absolute Gasteiger partial charge is 0.462 e. The van der Waals surface area contributed by atoms with Crippen LogP contribution in [0.2, 0.25) is 0 Å². The van der Waals surface area contributed by atoms with Gasteiger partial charge in [-0.2, -0.15) is 0 Å². The van der Waals surface area contributed by atoms with Gasteiger partial charge in [0, 0.05) is 19.3 Å². The molecule has 1 unspecified atom stereocenters. The molecule has 0 aromatic carbocycles. The SMILES string of the molecule is CC\C=C/C=C\C=C/C=C\C=C/CCCCCC(=O)OC(COC(=O)CC/C=C\C/C=C\C/C=C\C/C=C\C/C=C\CC)COC(=O)CCCCC/C=C\CCCCCCCC. The van der Waals surface area contributed by atoms with Crippen molar-refractivity contribution >= 4 is 17.9 Å². The van der Waals surface area contributed by atoms with Gasteiger partial charge in [-0.3, -0.25) is 14.4 Å². The van der Waals surface area contributed by atoms with Crippen LogP contribution in [0.1, 0.15) is 181 Å². The van der Waals surface area contributed by atoms with Crippen molar-refractivity contribution in [2.75, 3.05) is 13.2 Å². The van der Waals surface area contributed by atoms with Crippen LogP contribution >= 0.6 is 0 Å². The van der Waals surface area contributed by atoms with Gasteiger partial charge in [0.05, 0.1) is 0 Å². The Labute approximate surface area is 379 Å². The Morgan fingerprint density at radius 1 is 0.355 bits per heavy atom. The van der Waals surface area contributed by atoms with Crippen LogP contribution in [0.25, 0.3) is 0 Å². The average Bonchev–Trinajstić information content (AvgIpc) is 3.27. The van der Waals surface area contributed by atoms with E-state index in [1.54, 1.807) is 0 Å². The molecule has 62 heavy (non-hydrogen) atoms. The maximum absolute atomic E-state index is 12.8. The lowest BCUT2D eigenvalue weighted by atomic mass is 10.1. The number of carbonyl (C=O) groups excluding carboxylic acids is 3. The third kappa shape index (κ3) is 46.6. The lowest BCUT2D eigenvalue weighted by molar-refractivity contribution is -0.166. The van der Waals surface area contributed by atoms with Crippen LogP contribution in [0.15, 0.2) is 134 Å². The first-order valence-corrected chi connectivity index (χ1v) is 24.3. The van der Waals surface area contributed by atoms with Crippen molar-refractivity contribution < 1.29 is 28.6 Å². The highest BCUT2D eigenvalue weighted by Gasteiger charge is 2.19. The second-order valence-electron chi connectivity index (χ2n) is 15.4. The van der Waals surface area contributed by atoms with E-state index in [2.05, 4.69) is 93.7 Å². The van der Waals surface area contributed by atoms with Crippen molar-refractivity contribution in [1.29, 1.82) is 0 Å². The first-order valence-electron chi connectivity index (χ1n) is 24.3. The summed E-state index contributed by atoms with van der Waals surface area (Å²) in [4.78, 5) is 37.9. The van der Waals surface area contributed by atoms with Crippen LogP contribution in [0, 0.1) is 0 Å². The first kappa shape index (κ1) is 57.5. The molecule has 346 valence electrons. The summed E-state index contributed by atoms with van der Waals surface area (Å²) < 4.78 is 16.6. The van der Waals surface area contributed by atoms with Crippen molar-refractivity contribution in [3.05, 3.63) is 134 Å². The molecule has 0 saturated carbocycles. The molecule has 0 aromatic rings. The molecular formula is C56H86O6. The molecule has 0 radical (unpaired) electrons. The van der Waals surface area contributed by atoms with Gasteiger partial charge in [-0.15, -0.1) is 0 Å². The molecule has 6 heteroatoms. The van der Waals surface area contributed by atoms with E-state index in [1.807, 2.05) is 60.8 Å². The fraction of sp³-hybridized carbons (Fsp3) is 0.554. The Morgan fingerprint density at radius 2 is 0.742 bits per heavy atom.